The van der Waals surface area contributed by atoms with Crippen LogP contribution >= 0.6 is 0 Å². The summed E-state index contributed by atoms with van der Waals surface area (Å²) in [7, 11) is 1.30. The highest BCUT2D eigenvalue weighted by atomic mass is 19.1. The van der Waals surface area contributed by atoms with Crippen LogP contribution in [0, 0.1) is 5.82 Å². The number of pyridine rings is 2. The van der Waals surface area contributed by atoms with Crippen molar-refractivity contribution >= 4 is 34.7 Å². The van der Waals surface area contributed by atoms with Gasteiger partial charge in [-0.25, -0.2) is 19.0 Å². The predicted octanol–water partition coefficient (Wildman–Crippen LogP) is 6.06. The molecule has 3 heterocycles. The summed E-state index contributed by atoms with van der Waals surface area (Å²) in [6, 6.07) is 17.5. The number of nitrogens with one attached hydrogen (secondary N) is 1. The van der Waals surface area contributed by atoms with Crippen LogP contribution in [-0.4, -0.2) is 78.3 Å². The van der Waals surface area contributed by atoms with Crippen molar-refractivity contribution in [2.75, 3.05) is 44.8 Å². The van der Waals surface area contributed by atoms with Gasteiger partial charge in [-0.2, -0.15) is 0 Å². The fraction of sp³-hybridized carbons (Fsp3) is 0.395. The maximum absolute atomic E-state index is 14.0. The molecule has 0 saturated carbocycles. The normalized spacial score (nSPS) is 13.1. The van der Waals surface area contributed by atoms with Gasteiger partial charge in [0.25, 0.3) is 0 Å². The summed E-state index contributed by atoms with van der Waals surface area (Å²) in [5.41, 5.74) is 1.45. The Morgan fingerprint density at radius 1 is 0.941 bits per heavy atom. The quantitative estimate of drug-likeness (QED) is 0.130. The molecule has 1 fully saturated rings. The molecule has 270 valence electrons. The minimum absolute atomic E-state index is 0.0297. The average Bonchev–Trinajstić information content (AvgIpc) is 3.12. The number of unbranched alkanes of at least 4 members (excludes halogenated alkanes) is 1. The number of anilines is 1. The van der Waals surface area contributed by atoms with E-state index in [1.807, 2.05) is 52.3 Å². The summed E-state index contributed by atoms with van der Waals surface area (Å²) < 4.78 is 36.3. The monoisotopic (exact) mass is 701 g/mol. The van der Waals surface area contributed by atoms with E-state index in [1.54, 1.807) is 33.0 Å². The minimum Gasteiger partial charge on any atom is -0.493 e. The molecule has 51 heavy (non-hydrogen) atoms. The van der Waals surface area contributed by atoms with Gasteiger partial charge in [0.15, 0.2) is 11.4 Å². The molecule has 13 heteroatoms. The van der Waals surface area contributed by atoms with Crippen LogP contribution < -0.4 is 19.7 Å². The Kier molecular flexibility index (Phi) is 12.2. The van der Waals surface area contributed by atoms with Crippen LogP contribution in [0.2, 0.25) is 0 Å². The Labute approximate surface area is 296 Å². The van der Waals surface area contributed by atoms with E-state index in [1.165, 1.54) is 19.2 Å². The van der Waals surface area contributed by atoms with Crippen LogP contribution in [0.25, 0.3) is 10.9 Å². The molecular weight excluding hydrogens is 657 g/mol. The van der Waals surface area contributed by atoms with Gasteiger partial charge >= 0.3 is 12.1 Å². The Morgan fingerprint density at radius 2 is 1.71 bits per heavy atom. The molecule has 0 atom stereocenters. The lowest BCUT2D eigenvalue weighted by atomic mass is 10.1. The largest absolute Gasteiger partial charge is 0.493 e. The van der Waals surface area contributed by atoms with E-state index < -0.39 is 23.5 Å². The van der Waals surface area contributed by atoms with Gasteiger partial charge in [0.2, 0.25) is 5.91 Å². The van der Waals surface area contributed by atoms with Crippen LogP contribution in [0.15, 0.2) is 66.9 Å². The van der Waals surface area contributed by atoms with Gasteiger partial charge in [-0.1, -0.05) is 36.4 Å². The number of aromatic nitrogens is 2. The fourth-order valence-electron chi connectivity index (χ4n) is 5.61. The molecule has 0 spiro atoms. The lowest BCUT2D eigenvalue weighted by molar-refractivity contribution is -0.131. The van der Waals surface area contributed by atoms with E-state index >= 15 is 0 Å². The number of piperazine rings is 1. The minimum atomic E-state index is -0.637. The summed E-state index contributed by atoms with van der Waals surface area (Å²) in [5.74, 6) is 0.115. The van der Waals surface area contributed by atoms with Crippen molar-refractivity contribution in [1.82, 2.24) is 20.2 Å². The van der Waals surface area contributed by atoms with Gasteiger partial charge in [0, 0.05) is 62.4 Å². The van der Waals surface area contributed by atoms with Crippen molar-refractivity contribution in [1.29, 1.82) is 0 Å². The summed E-state index contributed by atoms with van der Waals surface area (Å²) in [5, 5.41) is 3.39. The second kappa shape index (κ2) is 17.0. The van der Waals surface area contributed by atoms with Crippen LogP contribution in [0.1, 0.15) is 61.6 Å². The second-order valence-electron chi connectivity index (χ2n) is 13.1. The van der Waals surface area contributed by atoms with Crippen LogP contribution in [0.4, 0.5) is 15.0 Å². The average molecular weight is 702 g/mol. The Bertz CT molecular complexity index is 1830. The van der Waals surface area contributed by atoms with Crippen molar-refractivity contribution in [3.05, 3.63) is 89.5 Å². The third kappa shape index (κ3) is 10.1. The SMILES string of the molecule is COC(=O)c1nc(N2CCN(C(=O)CCCCOc3cc(F)ccc3CNC(=O)OC(C)(C)C)CC2)c2cccnc2c1OCc1ccccc1. The molecule has 1 aliphatic rings. The number of carbonyl (C=O) groups excluding carboxylic acids is 3. The van der Waals surface area contributed by atoms with Crippen molar-refractivity contribution in [2.24, 2.45) is 0 Å². The summed E-state index contributed by atoms with van der Waals surface area (Å²) in [4.78, 5) is 51.2. The van der Waals surface area contributed by atoms with Crippen LogP contribution in [0.3, 0.4) is 0 Å². The zero-order valence-corrected chi connectivity index (χ0v) is 29.4. The number of esters is 1. The fourth-order valence-corrected chi connectivity index (χ4v) is 5.61. The lowest BCUT2D eigenvalue weighted by Crippen LogP contribution is -2.49. The number of amides is 2. The number of fused-ring (bicyclic) bond motifs is 1. The van der Waals surface area contributed by atoms with Crippen LogP contribution in [0.5, 0.6) is 11.5 Å². The van der Waals surface area contributed by atoms with Gasteiger partial charge in [-0.05, 0) is 57.4 Å². The number of ether oxygens (including phenoxy) is 4. The molecule has 2 aromatic carbocycles. The molecule has 2 amide bonds. The maximum atomic E-state index is 14.0. The van der Waals surface area contributed by atoms with Crippen molar-refractivity contribution in [3.8, 4) is 11.5 Å². The summed E-state index contributed by atoms with van der Waals surface area (Å²) >= 11 is 0. The van der Waals surface area contributed by atoms with Crippen molar-refractivity contribution in [3.63, 3.8) is 0 Å². The number of carbonyl (C=O) groups is 3. The molecule has 1 saturated heterocycles. The number of benzene rings is 2. The van der Waals surface area contributed by atoms with Crippen molar-refractivity contribution in [2.45, 2.75) is 58.8 Å². The highest BCUT2D eigenvalue weighted by molar-refractivity contribution is 6.02. The third-order valence-electron chi connectivity index (χ3n) is 8.13. The number of rotatable bonds is 13. The van der Waals surface area contributed by atoms with E-state index in [4.69, 9.17) is 23.9 Å². The Hall–Kier alpha value is -5.46. The lowest BCUT2D eigenvalue weighted by Gasteiger charge is -2.36. The number of halogens is 1. The van der Waals surface area contributed by atoms with Gasteiger partial charge in [-0.15, -0.1) is 0 Å². The van der Waals surface area contributed by atoms with Gasteiger partial charge < -0.3 is 34.1 Å². The Morgan fingerprint density at radius 3 is 2.43 bits per heavy atom. The molecule has 5 rings (SSSR count). The van der Waals surface area contributed by atoms with Gasteiger partial charge in [0.05, 0.1) is 13.7 Å². The summed E-state index contributed by atoms with van der Waals surface area (Å²) in [6.45, 7) is 7.93. The summed E-state index contributed by atoms with van der Waals surface area (Å²) in [6.07, 6.45) is 2.58. The van der Waals surface area contributed by atoms with E-state index in [0.29, 0.717) is 68.1 Å². The zero-order valence-electron chi connectivity index (χ0n) is 29.4. The van der Waals surface area contributed by atoms with Crippen LogP contribution in [-0.2, 0) is 27.4 Å². The highest BCUT2D eigenvalue weighted by Crippen LogP contribution is 2.35. The van der Waals surface area contributed by atoms with E-state index in [0.717, 1.165) is 10.9 Å². The van der Waals surface area contributed by atoms with E-state index in [9.17, 15) is 18.8 Å². The number of alkyl carbamates (subject to hydrolysis) is 1. The number of hydrogen-bond donors (Lipinski definition) is 1. The standard InChI is InChI=1S/C38H44FN5O7/c1-38(2,3)51-37(47)41-24-27-15-16-28(39)23-30(27)49-22-9-8-14-31(45)43-18-20-44(21-19-43)35-29-13-10-17-40-32(29)34(33(42-35)36(46)48-4)50-25-26-11-6-5-7-12-26/h5-7,10-13,15-17,23H,8-9,14,18-22,24-25H2,1-4H3,(H,41,47). The molecule has 1 aliphatic heterocycles. The molecule has 0 bridgehead atoms. The second-order valence-corrected chi connectivity index (χ2v) is 13.1. The van der Waals surface area contributed by atoms with E-state index in [-0.39, 0.29) is 37.1 Å². The highest BCUT2D eigenvalue weighted by Gasteiger charge is 2.28. The van der Waals surface area contributed by atoms with Gasteiger partial charge in [-0.3, -0.25) is 9.78 Å². The molecule has 0 unspecified atom stereocenters. The van der Waals surface area contributed by atoms with Crippen molar-refractivity contribution < 1.29 is 37.7 Å². The molecule has 0 radical (unpaired) electrons. The molecule has 4 aromatic rings. The molecule has 12 nitrogen and oxygen atoms in total. The Balaban J connectivity index is 1.14. The predicted molar refractivity (Wildman–Crippen MR) is 189 cm³/mol. The van der Waals surface area contributed by atoms with Gasteiger partial charge in [0.1, 0.15) is 35.1 Å². The first-order valence-electron chi connectivity index (χ1n) is 17.0. The molecular formula is C38H44FN5O7. The number of methoxy groups -OCH3 is 1. The molecule has 2 aromatic heterocycles. The first kappa shape index (κ1) is 36.8. The number of hydrogen-bond acceptors (Lipinski definition) is 10. The first-order valence-corrected chi connectivity index (χ1v) is 17.0. The smallest absolute Gasteiger partial charge is 0.407 e. The number of nitrogens with zero attached hydrogens (tertiary/aromatic N) is 4. The maximum Gasteiger partial charge on any atom is 0.407 e. The first-order chi connectivity index (χ1) is 24.5. The topological polar surface area (TPSA) is 132 Å². The van der Waals surface area contributed by atoms with E-state index in [2.05, 4.69) is 10.3 Å². The molecule has 1 N–H and O–H groups in total. The molecule has 0 aliphatic carbocycles. The third-order valence-corrected chi connectivity index (χ3v) is 8.13. The zero-order chi connectivity index (χ0) is 36.4.